The van der Waals surface area contributed by atoms with Gasteiger partial charge in [-0.15, -0.1) is 0 Å². The van der Waals surface area contributed by atoms with Crippen LogP contribution in [-0.2, 0) is 4.79 Å². The fourth-order valence-electron chi connectivity index (χ4n) is 0.669. The van der Waals surface area contributed by atoms with Crippen molar-refractivity contribution < 1.29 is 9.21 Å². The van der Waals surface area contributed by atoms with E-state index >= 15 is 0 Å². The number of carbonyl (C=O) groups is 1. The van der Waals surface area contributed by atoms with E-state index in [4.69, 9.17) is 4.42 Å². The second-order valence-electron chi connectivity index (χ2n) is 1.99. The van der Waals surface area contributed by atoms with Gasteiger partial charge >= 0.3 is 0 Å². The summed E-state index contributed by atoms with van der Waals surface area (Å²) >= 11 is 3.14. The molecule has 10 heavy (non-hydrogen) atoms. The number of aldehydes is 1. The fraction of sp³-hybridized carbons (Fsp3) is 0.286. The molecule has 0 radical (unpaired) electrons. The Kier molecular flexibility index (Phi) is 2.27. The maximum absolute atomic E-state index is 10.2. The van der Waals surface area contributed by atoms with Gasteiger partial charge in [-0.2, -0.15) is 0 Å². The van der Waals surface area contributed by atoms with Crippen LogP contribution in [0.5, 0.6) is 0 Å². The van der Waals surface area contributed by atoms with Gasteiger partial charge in [0.1, 0.15) is 22.6 Å². The Hall–Kier alpha value is -0.570. The van der Waals surface area contributed by atoms with Gasteiger partial charge in [-0.05, 0) is 19.1 Å². The van der Waals surface area contributed by atoms with Crippen LogP contribution < -0.4 is 0 Å². The van der Waals surface area contributed by atoms with Crippen LogP contribution in [0.15, 0.2) is 16.5 Å². The summed E-state index contributed by atoms with van der Waals surface area (Å²) in [5.41, 5.74) is 0. The van der Waals surface area contributed by atoms with Crippen molar-refractivity contribution in [2.24, 2.45) is 0 Å². The van der Waals surface area contributed by atoms with Gasteiger partial charge in [0.05, 0.1) is 0 Å². The zero-order valence-electron chi connectivity index (χ0n) is 5.50. The highest BCUT2D eigenvalue weighted by Gasteiger charge is 2.08. The number of rotatable bonds is 2. The normalized spacial score (nSPS) is 13.0. The molecule has 1 unspecified atom stereocenters. The molecule has 1 aromatic heterocycles. The van der Waals surface area contributed by atoms with Crippen LogP contribution in [0.2, 0.25) is 0 Å². The van der Waals surface area contributed by atoms with Gasteiger partial charge in [0.25, 0.3) is 0 Å². The summed E-state index contributed by atoms with van der Waals surface area (Å²) in [7, 11) is 0. The molecule has 0 bridgehead atoms. The smallest absolute Gasteiger partial charge is 0.141 e. The molecular weight excluding hydrogens is 196 g/mol. The Balaban J connectivity index is 2.84. The monoisotopic (exact) mass is 202 g/mol. The molecular formula is C7H7BrO2. The summed E-state index contributed by atoms with van der Waals surface area (Å²) in [4.78, 5) is 9.90. The lowest BCUT2D eigenvalue weighted by molar-refractivity contribution is -0.107. The molecule has 0 N–H and O–H groups in total. The lowest BCUT2D eigenvalue weighted by Crippen LogP contribution is -1.85. The standard InChI is InChI=1S/C7H7BrO2/c1-5-2-3-7(10-5)6(8)4-9/h2-4,6H,1H3. The van der Waals surface area contributed by atoms with Crippen LogP contribution in [0.3, 0.4) is 0 Å². The molecule has 0 aromatic carbocycles. The summed E-state index contributed by atoms with van der Waals surface area (Å²) in [6, 6.07) is 3.61. The van der Waals surface area contributed by atoms with E-state index in [1.165, 1.54) is 0 Å². The molecule has 1 aromatic rings. The molecule has 0 saturated carbocycles. The summed E-state index contributed by atoms with van der Waals surface area (Å²) in [6.07, 6.45) is 0.790. The van der Waals surface area contributed by atoms with Gasteiger partial charge in [-0.25, -0.2) is 0 Å². The lowest BCUT2D eigenvalue weighted by Gasteiger charge is -1.93. The number of aryl methyl sites for hydroxylation is 1. The summed E-state index contributed by atoms with van der Waals surface area (Å²) in [5, 5.41) is 0. The minimum absolute atomic E-state index is 0.304. The van der Waals surface area contributed by atoms with Gasteiger partial charge in [-0.3, -0.25) is 0 Å². The van der Waals surface area contributed by atoms with Gasteiger partial charge in [0.2, 0.25) is 0 Å². The first-order chi connectivity index (χ1) is 4.74. The zero-order valence-corrected chi connectivity index (χ0v) is 7.09. The lowest BCUT2D eigenvalue weighted by atomic mass is 10.3. The minimum atomic E-state index is -0.304. The van der Waals surface area contributed by atoms with Crippen molar-refractivity contribution in [1.29, 1.82) is 0 Å². The number of alkyl halides is 1. The highest BCUT2D eigenvalue weighted by molar-refractivity contribution is 9.09. The van der Waals surface area contributed by atoms with E-state index in [1.54, 1.807) is 6.07 Å². The predicted molar refractivity (Wildman–Crippen MR) is 41.2 cm³/mol. The molecule has 0 aliphatic rings. The third-order valence-corrected chi connectivity index (χ3v) is 1.82. The van der Waals surface area contributed by atoms with Crippen LogP contribution in [-0.4, -0.2) is 6.29 Å². The van der Waals surface area contributed by atoms with Crippen molar-refractivity contribution in [2.75, 3.05) is 0 Å². The van der Waals surface area contributed by atoms with Crippen LogP contribution in [0.25, 0.3) is 0 Å². The first kappa shape index (κ1) is 7.54. The summed E-state index contributed by atoms with van der Waals surface area (Å²) in [5.74, 6) is 1.48. The molecule has 54 valence electrons. The molecule has 1 atom stereocenters. The largest absolute Gasteiger partial charge is 0.465 e. The van der Waals surface area contributed by atoms with Crippen molar-refractivity contribution in [3.05, 3.63) is 23.7 Å². The summed E-state index contributed by atoms with van der Waals surface area (Å²) < 4.78 is 5.16. The first-order valence-corrected chi connectivity index (χ1v) is 3.81. The van der Waals surface area contributed by atoms with Crippen molar-refractivity contribution in [2.45, 2.75) is 11.8 Å². The number of hydrogen-bond acceptors (Lipinski definition) is 2. The van der Waals surface area contributed by atoms with E-state index in [1.807, 2.05) is 13.0 Å². The van der Waals surface area contributed by atoms with E-state index in [0.29, 0.717) is 5.76 Å². The Morgan fingerprint density at radius 1 is 1.70 bits per heavy atom. The maximum Gasteiger partial charge on any atom is 0.141 e. The van der Waals surface area contributed by atoms with Crippen molar-refractivity contribution in [1.82, 2.24) is 0 Å². The van der Waals surface area contributed by atoms with E-state index in [2.05, 4.69) is 15.9 Å². The van der Waals surface area contributed by atoms with Crippen LogP contribution in [0.1, 0.15) is 16.3 Å². The number of halogens is 1. The number of hydrogen-bond donors (Lipinski definition) is 0. The molecule has 1 rings (SSSR count). The number of carbonyl (C=O) groups excluding carboxylic acids is 1. The third-order valence-electron chi connectivity index (χ3n) is 1.15. The highest BCUT2D eigenvalue weighted by atomic mass is 79.9. The van der Waals surface area contributed by atoms with E-state index < -0.39 is 0 Å². The Labute approximate surface area is 67.3 Å². The van der Waals surface area contributed by atoms with E-state index in [-0.39, 0.29) is 4.83 Å². The van der Waals surface area contributed by atoms with Crippen molar-refractivity contribution >= 4 is 22.2 Å². The highest BCUT2D eigenvalue weighted by Crippen LogP contribution is 2.21. The van der Waals surface area contributed by atoms with Crippen LogP contribution >= 0.6 is 15.9 Å². The molecule has 3 heteroatoms. The van der Waals surface area contributed by atoms with Crippen LogP contribution in [0.4, 0.5) is 0 Å². The van der Waals surface area contributed by atoms with Crippen molar-refractivity contribution in [3.63, 3.8) is 0 Å². The quantitative estimate of drug-likeness (QED) is 0.544. The Morgan fingerprint density at radius 3 is 2.80 bits per heavy atom. The second-order valence-corrected chi connectivity index (χ2v) is 2.97. The average Bonchev–Trinajstić information content (AvgIpc) is 2.34. The van der Waals surface area contributed by atoms with Crippen LogP contribution in [0, 0.1) is 6.92 Å². The molecule has 1 heterocycles. The molecule has 0 saturated heterocycles. The molecule has 0 fully saturated rings. The van der Waals surface area contributed by atoms with Gasteiger partial charge < -0.3 is 9.21 Å². The molecule has 0 aliphatic heterocycles. The second kappa shape index (κ2) is 3.01. The van der Waals surface area contributed by atoms with Gasteiger partial charge in [0, 0.05) is 0 Å². The predicted octanol–water partition coefficient (Wildman–Crippen LogP) is 2.22. The molecule has 0 amide bonds. The molecule has 0 aliphatic carbocycles. The third kappa shape index (κ3) is 1.48. The van der Waals surface area contributed by atoms with Gasteiger partial charge in [0.15, 0.2) is 0 Å². The minimum Gasteiger partial charge on any atom is -0.465 e. The van der Waals surface area contributed by atoms with E-state index in [9.17, 15) is 4.79 Å². The van der Waals surface area contributed by atoms with E-state index in [0.717, 1.165) is 12.0 Å². The van der Waals surface area contributed by atoms with Gasteiger partial charge in [-0.1, -0.05) is 15.9 Å². The fourth-order valence-corrected chi connectivity index (χ4v) is 0.915. The SMILES string of the molecule is Cc1ccc(C(Br)C=O)o1. The van der Waals surface area contributed by atoms with Crippen molar-refractivity contribution in [3.8, 4) is 0 Å². The first-order valence-electron chi connectivity index (χ1n) is 2.89. The number of furan rings is 1. The zero-order chi connectivity index (χ0) is 7.56. The maximum atomic E-state index is 10.2. The topological polar surface area (TPSA) is 30.2 Å². The Morgan fingerprint density at radius 2 is 2.40 bits per heavy atom. The Bertz CT molecular complexity index is 229. The average molecular weight is 203 g/mol. The summed E-state index contributed by atoms with van der Waals surface area (Å²) in [6.45, 7) is 1.84. The molecule has 0 spiro atoms. The molecule has 2 nitrogen and oxygen atoms in total.